The number of alkyl halides is 2. The highest BCUT2D eigenvalue weighted by Gasteiger charge is 2.15. The molecule has 0 N–H and O–H groups in total. The molecule has 0 aliphatic rings. The minimum absolute atomic E-state index is 0.0116. The van der Waals surface area contributed by atoms with E-state index in [9.17, 15) is 8.78 Å². The van der Waals surface area contributed by atoms with Crippen LogP contribution in [0.15, 0.2) is 18.3 Å². The number of rotatable bonds is 2. The lowest BCUT2D eigenvalue weighted by molar-refractivity contribution is 0.150. The Morgan fingerprint density at radius 1 is 1.42 bits per heavy atom. The summed E-state index contributed by atoms with van der Waals surface area (Å²) in [6.07, 6.45) is -0.919. The maximum absolute atomic E-state index is 12.3. The van der Waals surface area contributed by atoms with Gasteiger partial charge in [-0.1, -0.05) is 13.8 Å². The molecule has 0 amide bonds. The topological polar surface area (TPSA) is 12.9 Å². The molecule has 0 aromatic carbocycles. The number of nitrogens with zero attached hydrogens (tertiary/aromatic N) is 1. The summed E-state index contributed by atoms with van der Waals surface area (Å²) in [7, 11) is 0. The van der Waals surface area contributed by atoms with Gasteiger partial charge in [-0.2, -0.15) is 0 Å². The third-order valence-corrected chi connectivity index (χ3v) is 1.55. The highest BCUT2D eigenvalue weighted by atomic mass is 19.3. The Balaban J connectivity index is 3.09. The van der Waals surface area contributed by atoms with Gasteiger partial charge in [0.2, 0.25) is 0 Å². The molecule has 0 aliphatic heterocycles. The fraction of sp³-hybridized carbons (Fsp3) is 0.333. The minimum Gasteiger partial charge on any atom is -0.260 e. The molecule has 0 saturated carbocycles. The third kappa shape index (κ3) is 1.78. The Kier molecular flexibility index (Phi) is 2.74. The summed E-state index contributed by atoms with van der Waals surface area (Å²) in [4.78, 5) is 3.88. The van der Waals surface area contributed by atoms with E-state index in [1.165, 1.54) is 18.3 Å². The van der Waals surface area contributed by atoms with E-state index in [0.29, 0.717) is 5.69 Å². The Hall–Kier alpha value is -0.990. The largest absolute Gasteiger partial charge is 0.265 e. The fourth-order valence-corrected chi connectivity index (χ4v) is 1.01. The van der Waals surface area contributed by atoms with Gasteiger partial charge >= 0.3 is 0 Å². The van der Waals surface area contributed by atoms with Crippen LogP contribution in [0, 0.1) is 5.92 Å². The zero-order valence-electron chi connectivity index (χ0n) is 7.01. The first-order chi connectivity index (χ1) is 5.63. The third-order valence-electron chi connectivity index (χ3n) is 1.55. The van der Waals surface area contributed by atoms with Crippen LogP contribution in [0.2, 0.25) is 0 Å². The SMILES string of the molecule is C[C](C)c1ncccc1C(F)F. The summed E-state index contributed by atoms with van der Waals surface area (Å²) in [6, 6.07) is 2.92. The molecule has 0 atom stereocenters. The Morgan fingerprint density at radius 2 is 2.08 bits per heavy atom. The van der Waals surface area contributed by atoms with E-state index in [4.69, 9.17) is 0 Å². The number of pyridine rings is 1. The summed E-state index contributed by atoms with van der Waals surface area (Å²) in [6.45, 7) is 3.54. The van der Waals surface area contributed by atoms with Crippen LogP contribution >= 0.6 is 0 Å². The van der Waals surface area contributed by atoms with Crippen molar-refractivity contribution in [3.8, 4) is 0 Å². The van der Waals surface area contributed by atoms with Crippen molar-refractivity contribution in [3.63, 3.8) is 0 Å². The molecule has 12 heavy (non-hydrogen) atoms. The number of hydrogen-bond acceptors (Lipinski definition) is 1. The van der Waals surface area contributed by atoms with Crippen molar-refractivity contribution in [3.05, 3.63) is 35.5 Å². The lowest BCUT2D eigenvalue weighted by Gasteiger charge is -2.08. The van der Waals surface area contributed by atoms with Gasteiger partial charge in [-0.25, -0.2) is 8.78 Å². The molecule has 1 radical (unpaired) electrons. The Labute approximate surface area is 70.4 Å². The predicted molar refractivity (Wildman–Crippen MR) is 42.9 cm³/mol. The van der Waals surface area contributed by atoms with Gasteiger partial charge in [-0.3, -0.25) is 4.98 Å². The molecule has 1 aromatic heterocycles. The molecule has 0 bridgehead atoms. The summed E-state index contributed by atoms with van der Waals surface area (Å²) < 4.78 is 24.7. The monoisotopic (exact) mass is 170 g/mol. The van der Waals surface area contributed by atoms with E-state index < -0.39 is 6.43 Å². The van der Waals surface area contributed by atoms with Gasteiger partial charge in [0.1, 0.15) is 0 Å². The first-order valence-electron chi connectivity index (χ1n) is 3.66. The van der Waals surface area contributed by atoms with Crippen molar-refractivity contribution in [2.24, 2.45) is 0 Å². The average Bonchev–Trinajstić information content (AvgIpc) is 2.04. The second kappa shape index (κ2) is 3.61. The van der Waals surface area contributed by atoms with Crippen LogP contribution in [0.4, 0.5) is 8.78 Å². The number of aromatic nitrogens is 1. The van der Waals surface area contributed by atoms with Gasteiger partial charge in [0.05, 0.1) is 5.69 Å². The van der Waals surface area contributed by atoms with Crippen molar-refractivity contribution in [1.29, 1.82) is 0 Å². The van der Waals surface area contributed by atoms with Crippen molar-refractivity contribution in [2.75, 3.05) is 0 Å². The van der Waals surface area contributed by atoms with Gasteiger partial charge in [0.25, 0.3) is 6.43 Å². The zero-order chi connectivity index (χ0) is 9.14. The van der Waals surface area contributed by atoms with Crippen molar-refractivity contribution in [2.45, 2.75) is 20.3 Å². The normalized spacial score (nSPS) is 11.2. The highest BCUT2D eigenvalue weighted by molar-refractivity contribution is 5.30. The predicted octanol–water partition coefficient (Wildman–Crippen LogP) is 2.98. The molecular weight excluding hydrogens is 160 g/mol. The summed E-state index contributed by atoms with van der Waals surface area (Å²) in [5.41, 5.74) is 0.421. The maximum Gasteiger partial charge on any atom is 0.265 e. The van der Waals surface area contributed by atoms with Gasteiger partial charge in [0, 0.05) is 17.7 Å². The maximum atomic E-state index is 12.3. The molecule has 1 rings (SSSR count). The van der Waals surface area contributed by atoms with Crippen LogP contribution in [0.5, 0.6) is 0 Å². The highest BCUT2D eigenvalue weighted by Crippen LogP contribution is 2.25. The van der Waals surface area contributed by atoms with E-state index in [-0.39, 0.29) is 5.56 Å². The summed E-state index contributed by atoms with van der Waals surface area (Å²) in [5.74, 6) is 0.811. The molecule has 0 aliphatic carbocycles. The first kappa shape index (κ1) is 9.10. The van der Waals surface area contributed by atoms with Crippen LogP contribution in [0.25, 0.3) is 0 Å². The minimum atomic E-state index is -2.44. The van der Waals surface area contributed by atoms with Crippen LogP contribution in [0.1, 0.15) is 31.5 Å². The van der Waals surface area contributed by atoms with Crippen molar-refractivity contribution >= 4 is 0 Å². The van der Waals surface area contributed by atoms with E-state index in [0.717, 1.165) is 5.92 Å². The summed E-state index contributed by atoms with van der Waals surface area (Å²) in [5, 5.41) is 0. The van der Waals surface area contributed by atoms with Crippen molar-refractivity contribution < 1.29 is 8.78 Å². The van der Waals surface area contributed by atoms with E-state index >= 15 is 0 Å². The Bertz CT molecular complexity index is 231. The number of hydrogen-bond donors (Lipinski definition) is 0. The van der Waals surface area contributed by atoms with E-state index in [1.807, 2.05) is 0 Å². The van der Waals surface area contributed by atoms with Crippen LogP contribution < -0.4 is 0 Å². The molecule has 65 valence electrons. The first-order valence-corrected chi connectivity index (χ1v) is 3.66. The molecule has 1 nitrogen and oxygen atoms in total. The van der Waals surface area contributed by atoms with E-state index in [2.05, 4.69) is 4.98 Å². The molecule has 0 fully saturated rings. The molecule has 0 unspecified atom stereocenters. The zero-order valence-corrected chi connectivity index (χ0v) is 7.01. The quantitative estimate of drug-likeness (QED) is 0.664. The number of halogens is 2. The molecule has 0 saturated heterocycles. The standard InChI is InChI=1S/C9H10F2N/c1-6(2)8-7(9(10)11)4-3-5-12-8/h3-5,9H,1-2H3. The fourth-order valence-electron chi connectivity index (χ4n) is 1.01. The summed E-state index contributed by atoms with van der Waals surface area (Å²) >= 11 is 0. The molecule has 1 aromatic rings. The van der Waals surface area contributed by atoms with Gasteiger partial charge in [0.15, 0.2) is 0 Å². The van der Waals surface area contributed by atoms with Crippen LogP contribution in [0.3, 0.4) is 0 Å². The second-order valence-corrected chi connectivity index (χ2v) is 2.74. The molecule has 0 spiro atoms. The van der Waals surface area contributed by atoms with Gasteiger partial charge in [-0.05, 0) is 12.1 Å². The Morgan fingerprint density at radius 3 is 2.50 bits per heavy atom. The second-order valence-electron chi connectivity index (χ2n) is 2.74. The van der Waals surface area contributed by atoms with Gasteiger partial charge < -0.3 is 0 Å². The van der Waals surface area contributed by atoms with Crippen LogP contribution in [-0.4, -0.2) is 4.98 Å². The van der Waals surface area contributed by atoms with Crippen LogP contribution in [-0.2, 0) is 0 Å². The van der Waals surface area contributed by atoms with Gasteiger partial charge in [-0.15, -0.1) is 0 Å². The average molecular weight is 170 g/mol. The van der Waals surface area contributed by atoms with E-state index in [1.54, 1.807) is 13.8 Å². The smallest absolute Gasteiger partial charge is 0.260 e. The lowest BCUT2D eigenvalue weighted by atomic mass is 10.0. The molecule has 1 heterocycles. The molecular formula is C9H10F2N. The van der Waals surface area contributed by atoms with Crippen molar-refractivity contribution in [1.82, 2.24) is 4.98 Å². The lowest BCUT2D eigenvalue weighted by Crippen LogP contribution is -2.00. The molecule has 3 heteroatoms.